The van der Waals surface area contributed by atoms with Gasteiger partial charge >= 0.3 is 0 Å². The Morgan fingerprint density at radius 3 is 2.03 bits per heavy atom. The molecule has 1 aromatic heterocycles. The number of benzene rings is 3. The van der Waals surface area contributed by atoms with E-state index in [1.807, 2.05) is 78.9 Å². The highest BCUT2D eigenvalue weighted by Crippen LogP contribution is 2.18. The molecule has 0 fully saturated rings. The third kappa shape index (κ3) is 6.45. The molecule has 0 saturated carbocycles. The van der Waals surface area contributed by atoms with E-state index in [0.717, 1.165) is 20.1 Å². The van der Waals surface area contributed by atoms with Crippen LogP contribution in [-0.4, -0.2) is 26.8 Å². The van der Waals surface area contributed by atoms with Gasteiger partial charge in [-0.2, -0.15) is 9.67 Å². The average molecular weight is 585 g/mol. The first-order chi connectivity index (χ1) is 16.5. The Labute approximate surface area is 214 Å². The first-order valence-electron chi connectivity index (χ1n) is 10.7. The number of hydrogen-bond donors (Lipinski definition) is 2. The molecule has 3 aromatic carbocycles. The van der Waals surface area contributed by atoms with E-state index in [9.17, 15) is 4.79 Å². The molecule has 4 aromatic rings. The van der Waals surface area contributed by atoms with Gasteiger partial charge in [0.1, 0.15) is 5.75 Å². The number of aromatic nitrogens is 3. The predicted octanol–water partition coefficient (Wildman–Crippen LogP) is 6.14. The summed E-state index contributed by atoms with van der Waals surface area (Å²) in [7, 11) is 0. The van der Waals surface area contributed by atoms with Gasteiger partial charge in [0, 0.05) is 22.0 Å². The quantitative estimate of drug-likeness (QED) is 0.246. The van der Waals surface area contributed by atoms with Crippen molar-refractivity contribution in [3.63, 3.8) is 0 Å². The molecule has 7 nitrogen and oxygen atoms in total. The highest BCUT2D eigenvalue weighted by Gasteiger charge is 2.23. The van der Waals surface area contributed by atoms with Crippen molar-refractivity contribution in [2.75, 3.05) is 10.6 Å². The van der Waals surface area contributed by atoms with Gasteiger partial charge in [0.05, 0.1) is 0 Å². The van der Waals surface area contributed by atoms with Gasteiger partial charge in [0.2, 0.25) is 11.9 Å². The smallest absolute Gasteiger partial charge is 0.290 e. The molecule has 0 amide bonds. The number of hydrogen-bond acceptors (Lipinski definition) is 6. The molecule has 9 heteroatoms. The summed E-state index contributed by atoms with van der Waals surface area (Å²) >= 11 is 6.88. The van der Waals surface area contributed by atoms with E-state index >= 15 is 0 Å². The monoisotopic (exact) mass is 583 g/mol. The van der Waals surface area contributed by atoms with Crippen molar-refractivity contribution in [2.24, 2.45) is 0 Å². The molecule has 174 valence electrons. The lowest BCUT2D eigenvalue weighted by molar-refractivity contribution is 0.0713. The zero-order valence-electron chi connectivity index (χ0n) is 18.4. The van der Waals surface area contributed by atoms with Crippen LogP contribution in [-0.2, 0) is 13.1 Å². The van der Waals surface area contributed by atoms with Crippen molar-refractivity contribution in [2.45, 2.75) is 26.1 Å². The van der Waals surface area contributed by atoms with Gasteiger partial charge in [-0.1, -0.05) is 74.3 Å². The first-order valence-corrected chi connectivity index (χ1v) is 12.3. The van der Waals surface area contributed by atoms with E-state index in [0.29, 0.717) is 30.7 Å². The fourth-order valence-electron chi connectivity index (χ4n) is 3.15. The number of para-hydroxylation sites is 1. The SMILES string of the molecule is CC(Oc1ccccc1)C(=O)n1nc(NCc2ccc(Br)cc2)nc1NCc1ccc(Br)cc1. The van der Waals surface area contributed by atoms with Gasteiger partial charge < -0.3 is 15.4 Å². The predicted molar refractivity (Wildman–Crippen MR) is 140 cm³/mol. The van der Waals surface area contributed by atoms with Gasteiger partial charge in [-0.05, 0) is 54.4 Å². The summed E-state index contributed by atoms with van der Waals surface area (Å²) in [5.74, 6) is 0.976. The second-order valence-electron chi connectivity index (χ2n) is 7.54. The summed E-state index contributed by atoms with van der Waals surface area (Å²) in [5.41, 5.74) is 2.11. The van der Waals surface area contributed by atoms with Crippen molar-refractivity contribution in [1.82, 2.24) is 14.8 Å². The summed E-state index contributed by atoms with van der Waals surface area (Å²) < 4.78 is 9.09. The van der Waals surface area contributed by atoms with Crippen LogP contribution in [0.1, 0.15) is 22.8 Å². The largest absolute Gasteiger partial charge is 0.481 e. The zero-order chi connectivity index (χ0) is 23.9. The molecule has 0 spiro atoms. The van der Waals surface area contributed by atoms with E-state index in [-0.39, 0.29) is 5.91 Å². The third-order valence-corrected chi connectivity index (χ3v) is 6.00. The summed E-state index contributed by atoms with van der Waals surface area (Å²) in [6.45, 7) is 2.71. The number of halogens is 2. The number of carbonyl (C=O) groups excluding carboxylic acids is 1. The Hall–Kier alpha value is -3.17. The summed E-state index contributed by atoms with van der Waals surface area (Å²) in [5, 5.41) is 10.8. The van der Waals surface area contributed by atoms with E-state index in [4.69, 9.17) is 4.74 Å². The number of nitrogens with one attached hydrogen (secondary N) is 2. The molecule has 0 aliphatic rings. The lowest BCUT2D eigenvalue weighted by Crippen LogP contribution is -2.31. The zero-order valence-corrected chi connectivity index (χ0v) is 21.6. The Kier molecular flexibility index (Phi) is 7.97. The molecule has 1 unspecified atom stereocenters. The number of ether oxygens (including phenoxy) is 1. The van der Waals surface area contributed by atoms with E-state index in [2.05, 4.69) is 52.6 Å². The highest BCUT2D eigenvalue weighted by atomic mass is 79.9. The maximum Gasteiger partial charge on any atom is 0.290 e. The number of rotatable bonds is 9. The van der Waals surface area contributed by atoms with Crippen molar-refractivity contribution >= 4 is 49.7 Å². The Morgan fingerprint density at radius 2 is 1.44 bits per heavy atom. The minimum atomic E-state index is -0.753. The fraction of sp³-hybridized carbons (Fsp3) is 0.160. The molecular formula is C25H23Br2N5O2. The van der Waals surface area contributed by atoms with Crippen molar-refractivity contribution in [3.05, 3.63) is 98.9 Å². The van der Waals surface area contributed by atoms with Crippen LogP contribution >= 0.6 is 31.9 Å². The Morgan fingerprint density at radius 1 is 0.882 bits per heavy atom. The second kappa shape index (κ2) is 11.3. The standard InChI is InChI=1S/C25H23Br2N5O2/c1-17(34-22-5-3-2-4-6-22)23(33)32-25(29-16-19-9-13-21(27)14-10-19)30-24(31-32)28-15-18-7-11-20(26)12-8-18/h2-14,17H,15-16H2,1H3,(H2,28,29,30,31). The van der Waals surface area contributed by atoms with Gasteiger partial charge in [0.25, 0.3) is 5.91 Å². The van der Waals surface area contributed by atoms with Gasteiger partial charge in [-0.25, -0.2) is 0 Å². The molecule has 1 heterocycles. The molecule has 0 aliphatic carbocycles. The van der Waals surface area contributed by atoms with Crippen LogP contribution in [0.2, 0.25) is 0 Å². The van der Waals surface area contributed by atoms with Crippen molar-refractivity contribution in [3.8, 4) is 5.75 Å². The van der Waals surface area contributed by atoms with E-state index < -0.39 is 6.10 Å². The van der Waals surface area contributed by atoms with Gasteiger partial charge in [-0.3, -0.25) is 4.79 Å². The molecule has 0 aliphatic heterocycles. The van der Waals surface area contributed by atoms with Gasteiger partial charge in [0.15, 0.2) is 6.10 Å². The summed E-state index contributed by atoms with van der Waals surface area (Å²) in [6.07, 6.45) is -0.753. The van der Waals surface area contributed by atoms with Gasteiger partial charge in [-0.15, -0.1) is 5.10 Å². The number of nitrogens with zero attached hydrogens (tertiary/aromatic N) is 3. The number of carbonyl (C=O) groups is 1. The van der Waals surface area contributed by atoms with Crippen molar-refractivity contribution in [1.29, 1.82) is 0 Å². The summed E-state index contributed by atoms with van der Waals surface area (Å²) in [6, 6.07) is 25.1. The topological polar surface area (TPSA) is 81.1 Å². The fourth-order valence-corrected chi connectivity index (χ4v) is 3.68. The van der Waals surface area contributed by atoms with Crippen LogP contribution in [0.3, 0.4) is 0 Å². The second-order valence-corrected chi connectivity index (χ2v) is 9.37. The molecule has 1 atom stereocenters. The molecule has 34 heavy (non-hydrogen) atoms. The first kappa shape index (κ1) is 24.0. The minimum absolute atomic E-state index is 0.327. The average Bonchev–Trinajstić information content (AvgIpc) is 3.26. The maximum absolute atomic E-state index is 13.2. The van der Waals surface area contributed by atoms with Crippen LogP contribution in [0.15, 0.2) is 87.8 Å². The Balaban J connectivity index is 1.51. The molecular weight excluding hydrogens is 562 g/mol. The highest BCUT2D eigenvalue weighted by molar-refractivity contribution is 9.10. The van der Waals surface area contributed by atoms with E-state index in [1.54, 1.807) is 6.92 Å². The third-order valence-electron chi connectivity index (χ3n) is 4.95. The van der Waals surface area contributed by atoms with Crippen LogP contribution in [0.25, 0.3) is 0 Å². The van der Waals surface area contributed by atoms with Crippen molar-refractivity contribution < 1.29 is 9.53 Å². The molecule has 0 saturated heterocycles. The van der Waals surface area contributed by atoms with Crippen LogP contribution in [0, 0.1) is 0 Å². The van der Waals surface area contributed by atoms with Crippen LogP contribution in [0.4, 0.5) is 11.9 Å². The molecule has 0 bridgehead atoms. The van der Waals surface area contributed by atoms with Crippen LogP contribution in [0.5, 0.6) is 5.75 Å². The maximum atomic E-state index is 13.2. The molecule has 4 rings (SSSR count). The Bertz CT molecular complexity index is 1230. The molecule has 2 N–H and O–H groups in total. The lowest BCUT2D eigenvalue weighted by Gasteiger charge is -2.14. The molecule has 0 radical (unpaired) electrons. The lowest BCUT2D eigenvalue weighted by atomic mass is 10.2. The summed E-state index contributed by atoms with van der Waals surface area (Å²) in [4.78, 5) is 17.7. The van der Waals surface area contributed by atoms with Crippen LogP contribution < -0.4 is 15.4 Å². The minimum Gasteiger partial charge on any atom is -0.481 e. The normalized spacial score (nSPS) is 11.6. The van der Waals surface area contributed by atoms with E-state index in [1.165, 1.54) is 4.68 Å². The number of anilines is 2.